The van der Waals surface area contributed by atoms with Crippen molar-refractivity contribution in [3.8, 4) is 0 Å². The third-order valence-corrected chi connectivity index (χ3v) is 7.12. The second kappa shape index (κ2) is 7.85. The van der Waals surface area contributed by atoms with Crippen molar-refractivity contribution in [2.45, 2.75) is 25.0 Å². The number of primary sulfonamides is 1. The molecular weight excluding hydrogens is 421 g/mol. The average Bonchev–Trinajstić information content (AvgIpc) is 2.64. The van der Waals surface area contributed by atoms with Crippen molar-refractivity contribution in [1.29, 1.82) is 0 Å². The molecule has 0 aliphatic carbocycles. The molecule has 0 spiro atoms. The van der Waals surface area contributed by atoms with Gasteiger partial charge in [-0.15, -0.1) is 0 Å². The Morgan fingerprint density at radius 3 is 2.31 bits per heavy atom. The van der Waals surface area contributed by atoms with E-state index in [-0.39, 0.29) is 34.5 Å². The lowest BCUT2D eigenvalue weighted by Crippen LogP contribution is -2.36. The third kappa shape index (κ3) is 4.05. The molecule has 0 unspecified atom stereocenters. The van der Waals surface area contributed by atoms with Crippen molar-refractivity contribution in [1.82, 2.24) is 9.55 Å². The Morgan fingerprint density at radius 2 is 1.72 bits per heavy atom. The molecule has 3 N–H and O–H groups in total. The second-order valence-corrected chi connectivity index (χ2v) is 9.68. The first kappa shape index (κ1) is 21.4. The molecule has 29 heavy (non-hydrogen) atoms. The van der Waals surface area contributed by atoms with Crippen LogP contribution < -0.4 is 16.3 Å². The van der Waals surface area contributed by atoms with Crippen molar-refractivity contribution in [3.05, 3.63) is 51.0 Å². The van der Waals surface area contributed by atoms with Gasteiger partial charge in [-0.05, 0) is 26.0 Å². The summed E-state index contributed by atoms with van der Waals surface area (Å²) >= 11 is 0. The maximum Gasteiger partial charge on any atom is 0.350 e. The summed E-state index contributed by atoms with van der Waals surface area (Å²) in [6.07, 6.45) is -0.507. The van der Waals surface area contributed by atoms with Gasteiger partial charge in [-0.1, -0.05) is 18.2 Å². The Labute approximate surface area is 165 Å². The fourth-order valence-electron chi connectivity index (χ4n) is 3.17. The molecule has 0 fully saturated rings. The summed E-state index contributed by atoms with van der Waals surface area (Å²) in [5, 5.41) is 5.89. The number of fused-ring (bicyclic) bond motifs is 3. The maximum absolute atomic E-state index is 13.0. The van der Waals surface area contributed by atoms with E-state index in [1.807, 2.05) is 0 Å². The highest BCUT2D eigenvalue weighted by Crippen LogP contribution is 2.49. The van der Waals surface area contributed by atoms with Crippen LogP contribution in [0.3, 0.4) is 0 Å². The predicted octanol–water partition coefficient (Wildman–Crippen LogP) is 1.71. The van der Waals surface area contributed by atoms with Crippen LogP contribution in [-0.2, 0) is 29.9 Å². The van der Waals surface area contributed by atoms with E-state index in [1.165, 1.54) is 24.3 Å². The molecule has 0 amide bonds. The smallest absolute Gasteiger partial charge is 0.316 e. The molecule has 0 saturated carbocycles. The van der Waals surface area contributed by atoms with Crippen molar-refractivity contribution in [2.24, 2.45) is 5.14 Å². The number of aromatic nitrogens is 2. The Morgan fingerprint density at radius 1 is 1.07 bits per heavy atom. The summed E-state index contributed by atoms with van der Waals surface area (Å²) in [6.45, 7) is 3.39. The van der Waals surface area contributed by atoms with Crippen LogP contribution in [0.1, 0.15) is 13.8 Å². The first-order chi connectivity index (χ1) is 13.6. The number of H-pyrrole nitrogens is 1. The SMILES string of the molecule is CCOP(=O)(Cn1c(=O)c(=O)[nH]c2ccc3c(S(N)(=O)=O)cccc3c21)OCC. The predicted molar refractivity (Wildman–Crippen MR) is 109 cm³/mol. The minimum absolute atomic E-state index is 0.0729. The zero-order chi connectivity index (χ0) is 21.4. The third-order valence-electron chi connectivity index (χ3n) is 4.22. The molecule has 0 aliphatic heterocycles. The molecule has 12 heteroatoms. The van der Waals surface area contributed by atoms with Crippen LogP contribution in [-0.4, -0.2) is 31.2 Å². The fraction of sp³-hybridized carbons (Fsp3) is 0.294. The van der Waals surface area contributed by atoms with Gasteiger partial charge in [0, 0.05) is 10.8 Å². The summed E-state index contributed by atoms with van der Waals surface area (Å²) in [7, 11) is -7.79. The highest BCUT2D eigenvalue weighted by atomic mass is 32.2. The zero-order valence-electron chi connectivity index (χ0n) is 15.7. The molecule has 1 heterocycles. The Hall–Kier alpha value is -2.30. The van der Waals surface area contributed by atoms with Crippen LogP contribution in [0.15, 0.2) is 44.8 Å². The second-order valence-electron chi connectivity index (χ2n) is 6.13. The van der Waals surface area contributed by atoms with Crippen molar-refractivity contribution >= 4 is 39.4 Å². The summed E-state index contributed by atoms with van der Waals surface area (Å²) in [5.41, 5.74) is -1.44. The molecule has 0 radical (unpaired) electrons. The molecule has 3 aromatic rings. The van der Waals surface area contributed by atoms with Gasteiger partial charge in [-0.2, -0.15) is 0 Å². The molecule has 3 rings (SSSR count). The summed E-state index contributed by atoms with van der Waals surface area (Å²) in [4.78, 5) is 27.1. The van der Waals surface area contributed by atoms with E-state index >= 15 is 0 Å². The van der Waals surface area contributed by atoms with Crippen molar-refractivity contribution in [2.75, 3.05) is 13.2 Å². The van der Waals surface area contributed by atoms with E-state index in [2.05, 4.69) is 4.98 Å². The van der Waals surface area contributed by atoms with E-state index in [0.717, 1.165) is 4.57 Å². The first-order valence-corrected chi connectivity index (χ1v) is 12.0. The van der Waals surface area contributed by atoms with Crippen LogP contribution in [0.25, 0.3) is 21.8 Å². The summed E-state index contributed by atoms with van der Waals surface area (Å²) in [6, 6.07) is 7.31. The lowest BCUT2D eigenvalue weighted by molar-refractivity contribution is 0.214. The topological polar surface area (TPSA) is 151 Å². The van der Waals surface area contributed by atoms with E-state index < -0.39 is 35.0 Å². The van der Waals surface area contributed by atoms with E-state index in [1.54, 1.807) is 19.9 Å². The number of hydrogen-bond acceptors (Lipinski definition) is 7. The van der Waals surface area contributed by atoms with E-state index in [4.69, 9.17) is 14.2 Å². The van der Waals surface area contributed by atoms with Crippen LogP contribution >= 0.6 is 7.60 Å². The van der Waals surface area contributed by atoms with Crippen LogP contribution in [0.4, 0.5) is 0 Å². The average molecular weight is 441 g/mol. The molecule has 0 saturated heterocycles. The molecule has 2 aromatic carbocycles. The highest BCUT2D eigenvalue weighted by molar-refractivity contribution is 7.89. The van der Waals surface area contributed by atoms with Gasteiger partial charge in [-0.3, -0.25) is 18.7 Å². The molecule has 1 aromatic heterocycles. The Bertz CT molecular complexity index is 1350. The van der Waals surface area contributed by atoms with E-state index in [0.29, 0.717) is 5.39 Å². The highest BCUT2D eigenvalue weighted by Gasteiger charge is 2.27. The number of hydrogen-bond donors (Lipinski definition) is 2. The van der Waals surface area contributed by atoms with Gasteiger partial charge in [0.25, 0.3) is 0 Å². The number of aromatic amines is 1. The Kier molecular flexibility index (Phi) is 5.79. The quantitative estimate of drug-likeness (QED) is 0.322. The van der Waals surface area contributed by atoms with Gasteiger partial charge >= 0.3 is 18.7 Å². The molecular formula is C17H20N3O7PS. The van der Waals surface area contributed by atoms with Gasteiger partial charge in [0.15, 0.2) is 0 Å². The zero-order valence-corrected chi connectivity index (χ0v) is 17.5. The standard InChI is InChI=1S/C17H20N3O7PS/c1-3-26-28(23,27-4-2)10-20-15-12-6-5-7-14(29(18,24)25)11(12)8-9-13(15)19-16(21)17(20)22/h5-9H,3-4,10H2,1-2H3,(H,19,21)(H2,18,24,25). The minimum Gasteiger partial charge on any atom is -0.316 e. The summed E-state index contributed by atoms with van der Waals surface area (Å²) in [5.74, 6) is 0. The molecule has 0 atom stereocenters. The number of sulfonamides is 1. The Balaban J connectivity index is 2.44. The van der Waals surface area contributed by atoms with Crippen molar-refractivity contribution < 1.29 is 22.0 Å². The number of benzene rings is 2. The number of nitrogens with two attached hydrogens (primary N) is 1. The normalized spacial score (nSPS) is 12.7. The number of nitrogens with one attached hydrogen (secondary N) is 1. The monoisotopic (exact) mass is 441 g/mol. The van der Waals surface area contributed by atoms with Crippen LogP contribution in [0, 0.1) is 0 Å². The molecule has 0 aliphatic rings. The lowest BCUT2D eigenvalue weighted by Gasteiger charge is -2.20. The van der Waals surface area contributed by atoms with Gasteiger partial charge < -0.3 is 14.0 Å². The van der Waals surface area contributed by atoms with Gasteiger partial charge in [0.2, 0.25) is 10.0 Å². The first-order valence-electron chi connectivity index (χ1n) is 8.71. The number of rotatable bonds is 7. The number of nitrogens with zero attached hydrogens (tertiary/aromatic N) is 1. The largest absolute Gasteiger partial charge is 0.350 e. The van der Waals surface area contributed by atoms with Gasteiger partial charge in [0.1, 0.15) is 6.29 Å². The summed E-state index contributed by atoms with van der Waals surface area (Å²) < 4.78 is 48.4. The minimum atomic E-state index is -4.05. The lowest BCUT2D eigenvalue weighted by atomic mass is 10.1. The molecule has 0 bridgehead atoms. The van der Waals surface area contributed by atoms with Crippen molar-refractivity contribution in [3.63, 3.8) is 0 Å². The molecule has 156 valence electrons. The molecule has 10 nitrogen and oxygen atoms in total. The fourth-order valence-corrected chi connectivity index (χ4v) is 5.57. The van der Waals surface area contributed by atoms with Crippen LogP contribution in [0.5, 0.6) is 0 Å². The maximum atomic E-state index is 13.0. The van der Waals surface area contributed by atoms with E-state index in [9.17, 15) is 22.6 Å². The van der Waals surface area contributed by atoms with Gasteiger partial charge in [0.05, 0.1) is 29.1 Å². The van der Waals surface area contributed by atoms with Crippen LogP contribution in [0.2, 0.25) is 0 Å². The van der Waals surface area contributed by atoms with Gasteiger partial charge in [-0.25, -0.2) is 13.6 Å².